The number of likely N-dealkylation sites (tertiary alicyclic amines) is 1. The summed E-state index contributed by atoms with van der Waals surface area (Å²) in [5.74, 6) is 0.941. The van der Waals surface area contributed by atoms with Gasteiger partial charge in [-0.1, -0.05) is 12.1 Å². The molecule has 0 bridgehead atoms. The molecule has 1 aromatic carbocycles. The Labute approximate surface area is 142 Å². The van der Waals surface area contributed by atoms with Crippen LogP contribution in [0, 0.1) is 13.8 Å². The number of aryl methyl sites for hydroxylation is 2. The van der Waals surface area contributed by atoms with E-state index in [-0.39, 0.29) is 11.4 Å². The van der Waals surface area contributed by atoms with Crippen molar-refractivity contribution in [2.24, 2.45) is 7.05 Å². The lowest BCUT2D eigenvalue weighted by atomic mass is 9.89. The van der Waals surface area contributed by atoms with Crippen molar-refractivity contribution in [3.63, 3.8) is 0 Å². The van der Waals surface area contributed by atoms with E-state index in [9.17, 15) is 4.79 Å². The van der Waals surface area contributed by atoms with Gasteiger partial charge in [-0.25, -0.2) is 0 Å². The van der Waals surface area contributed by atoms with Crippen molar-refractivity contribution in [3.05, 3.63) is 46.8 Å². The minimum absolute atomic E-state index is 0.201. The molecule has 5 nitrogen and oxygen atoms in total. The number of rotatable bonds is 2. The number of hydrogen-bond acceptors (Lipinski definition) is 4. The van der Waals surface area contributed by atoms with Crippen molar-refractivity contribution in [3.8, 4) is 5.75 Å². The topological polar surface area (TPSA) is 47.4 Å². The fourth-order valence-electron chi connectivity index (χ4n) is 4.00. The number of aromatic nitrogens is 2. The van der Waals surface area contributed by atoms with Gasteiger partial charge in [0.2, 0.25) is 0 Å². The Morgan fingerprint density at radius 3 is 2.83 bits per heavy atom. The smallest absolute Gasteiger partial charge is 0.170 e. The second-order valence-corrected chi connectivity index (χ2v) is 7.11. The number of carbonyl (C=O) groups is 1. The summed E-state index contributed by atoms with van der Waals surface area (Å²) in [6.45, 7) is 6.78. The molecule has 0 saturated carbocycles. The van der Waals surface area contributed by atoms with Crippen LogP contribution in [-0.4, -0.2) is 39.2 Å². The Balaban J connectivity index is 1.54. The zero-order valence-corrected chi connectivity index (χ0v) is 14.5. The number of para-hydroxylation sites is 1. The lowest BCUT2D eigenvalue weighted by molar-refractivity contribution is 0.0455. The fraction of sp³-hybridized carbons (Fsp3) is 0.474. The van der Waals surface area contributed by atoms with Gasteiger partial charge in [0.1, 0.15) is 11.4 Å². The van der Waals surface area contributed by atoms with E-state index in [4.69, 9.17) is 4.74 Å². The molecule has 126 valence electrons. The van der Waals surface area contributed by atoms with Crippen molar-refractivity contribution in [2.45, 2.75) is 38.8 Å². The Kier molecular flexibility index (Phi) is 3.49. The maximum absolute atomic E-state index is 12.5. The minimum Gasteiger partial charge on any atom is -0.485 e. The first-order valence-corrected chi connectivity index (χ1v) is 8.50. The van der Waals surface area contributed by atoms with Crippen LogP contribution < -0.4 is 4.74 Å². The van der Waals surface area contributed by atoms with E-state index >= 15 is 0 Å². The molecule has 24 heavy (non-hydrogen) atoms. The van der Waals surface area contributed by atoms with Gasteiger partial charge in [0.05, 0.1) is 17.7 Å². The maximum Gasteiger partial charge on any atom is 0.170 e. The number of nitrogens with zero attached hydrogens (tertiary/aromatic N) is 3. The molecule has 5 heteroatoms. The number of carbonyl (C=O) groups excluding carboxylic acids is 1. The molecule has 1 saturated heterocycles. The molecule has 1 unspecified atom stereocenters. The van der Waals surface area contributed by atoms with Gasteiger partial charge in [-0.05, 0) is 26.0 Å². The molecular formula is C19H23N3O2. The van der Waals surface area contributed by atoms with Gasteiger partial charge >= 0.3 is 0 Å². The van der Waals surface area contributed by atoms with Gasteiger partial charge in [-0.15, -0.1) is 0 Å². The van der Waals surface area contributed by atoms with E-state index in [1.54, 1.807) is 0 Å². The zero-order chi connectivity index (χ0) is 16.9. The zero-order valence-electron chi connectivity index (χ0n) is 14.5. The Morgan fingerprint density at radius 2 is 2.08 bits per heavy atom. The molecule has 0 radical (unpaired) electrons. The maximum atomic E-state index is 12.5. The van der Waals surface area contributed by atoms with Gasteiger partial charge in [-0.3, -0.25) is 14.4 Å². The van der Waals surface area contributed by atoms with Crippen molar-refractivity contribution in [1.82, 2.24) is 14.7 Å². The monoisotopic (exact) mass is 325 g/mol. The third kappa shape index (κ3) is 2.44. The molecule has 2 aliphatic rings. The molecule has 2 aromatic rings. The normalized spacial score (nSPS) is 23.5. The van der Waals surface area contributed by atoms with Crippen molar-refractivity contribution in [2.75, 3.05) is 13.1 Å². The number of ether oxygens (including phenoxy) is 1. The van der Waals surface area contributed by atoms with Crippen LogP contribution in [-0.2, 0) is 13.6 Å². The van der Waals surface area contributed by atoms with E-state index in [0.717, 1.165) is 43.1 Å². The number of hydrogen-bond donors (Lipinski definition) is 0. The van der Waals surface area contributed by atoms with Crippen molar-refractivity contribution < 1.29 is 9.53 Å². The average molecular weight is 325 g/mol. The molecule has 1 atom stereocenters. The molecule has 1 aromatic heterocycles. The summed E-state index contributed by atoms with van der Waals surface area (Å²) < 4.78 is 8.24. The summed E-state index contributed by atoms with van der Waals surface area (Å²) in [6.07, 6.45) is 1.37. The summed E-state index contributed by atoms with van der Waals surface area (Å²) in [4.78, 5) is 14.9. The molecule has 1 spiro atoms. The largest absolute Gasteiger partial charge is 0.485 e. The number of fused-ring (bicyclic) bond motifs is 1. The second-order valence-electron chi connectivity index (χ2n) is 7.11. The van der Waals surface area contributed by atoms with E-state index in [1.165, 1.54) is 11.3 Å². The first-order valence-electron chi connectivity index (χ1n) is 8.50. The highest BCUT2D eigenvalue weighted by Gasteiger charge is 2.45. The Hall–Kier alpha value is -2.14. The summed E-state index contributed by atoms with van der Waals surface area (Å²) in [6, 6.07) is 7.60. The highest BCUT2D eigenvalue weighted by atomic mass is 16.5. The summed E-state index contributed by atoms with van der Waals surface area (Å²) in [5, 5.41) is 4.50. The van der Waals surface area contributed by atoms with Crippen LogP contribution in [0.2, 0.25) is 0 Å². The standard InChI is InChI=1S/C19H23N3O2/c1-13-16(14(2)21(3)20-13)11-22-9-8-19(12-22)10-17(23)15-6-4-5-7-18(15)24-19/h4-7H,8-12H2,1-3H3. The van der Waals surface area contributed by atoms with Crippen LogP contribution in [0.5, 0.6) is 5.75 Å². The minimum atomic E-state index is -0.366. The summed E-state index contributed by atoms with van der Waals surface area (Å²) >= 11 is 0. The van der Waals surface area contributed by atoms with Crippen LogP contribution in [0.15, 0.2) is 24.3 Å². The highest BCUT2D eigenvalue weighted by molar-refractivity contribution is 6.00. The van der Waals surface area contributed by atoms with E-state index in [1.807, 2.05) is 36.0 Å². The number of benzene rings is 1. The molecule has 2 aliphatic heterocycles. The third-order valence-electron chi connectivity index (χ3n) is 5.43. The highest BCUT2D eigenvalue weighted by Crippen LogP contribution is 2.39. The first-order chi connectivity index (χ1) is 11.5. The van der Waals surface area contributed by atoms with Crippen LogP contribution in [0.1, 0.15) is 40.2 Å². The SMILES string of the molecule is Cc1nn(C)c(C)c1CN1CCC2(CC(=O)c3ccccc3O2)C1. The lowest BCUT2D eigenvalue weighted by Gasteiger charge is -2.34. The fourth-order valence-corrected chi connectivity index (χ4v) is 4.00. The van der Waals surface area contributed by atoms with Crippen LogP contribution in [0.4, 0.5) is 0 Å². The molecular weight excluding hydrogens is 302 g/mol. The predicted molar refractivity (Wildman–Crippen MR) is 91.3 cm³/mol. The van der Waals surface area contributed by atoms with E-state index < -0.39 is 0 Å². The van der Waals surface area contributed by atoms with Crippen LogP contribution in [0.3, 0.4) is 0 Å². The lowest BCUT2D eigenvalue weighted by Crippen LogP contribution is -2.44. The number of Topliss-reactive ketones (excluding diaryl/α,β-unsaturated/α-hetero) is 1. The van der Waals surface area contributed by atoms with Gasteiger partial charge in [0.25, 0.3) is 0 Å². The van der Waals surface area contributed by atoms with Crippen LogP contribution >= 0.6 is 0 Å². The average Bonchev–Trinajstić information content (AvgIpc) is 3.03. The van der Waals surface area contributed by atoms with Gasteiger partial charge in [0.15, 0.2) is 5.78 Å². The van der Waals surface area contributed by atoms with E-state index in [2.05, 4.69) is 23.8 Å². The molecule has 3 heterocycles. The second kappa shape index (κ2) is 5.45. The quantitative estimate of drug-likeness (QED) is 0.852. The first kappa shape index (κ1) is 15.4. The Bertz CT molecular complexity index is 811. The molecule has 4 rings (SSSR count). The number of ketones is 1. The molecule has 0 N–H and O–H groups in total. The van der Waals surface area contributed by atoms with Crippen LogP contribution in [0.25, 0.3) is 0 Å². The van der Waals surface area contributed by atoms with E-state index in [0.29, 0.717) is 6.42 Å². The molecule has 1 fully saturated rings. The van der Waals surface area contributed by atoms with Crippen molar-refractivity contribution in [1.29, 1.82) is 0 Å². The van der Waals surface area contributed by atoms with Gasteiger partial charge in [-0.2, -0.15) is 5.10 Å². The molecule has 0 amide bonds. The van der Waals surface area contributed by atoms with Gasteiger partial charge in [0, 0.05) is 44.4 Å². The summed E-state index contributed by atoms with van der Waals surface area (Å²) in [7, 11) is 1.98. The van der Waals surface area contributed by atoms with Gasteiger partial charge < -0.3 is 4.74 Å². The predicted octanol–water partition coefficient (Wildman–Crippen LogP) is 2.65. The van der Waals surface area contributed by atoms with Crippen molar-refractivity contribution >= 4 is 5.78 Å². The molecule has 0 aliphatic carbocycles. The third-order valence-corrected chi connectivity index (χ3v) is 5.43. The summed E-state index contributed by atoms with van der Waals surface area (Å²) in [5.41, 5.74) is 3.94. The Morgan fingerprint density at radius 1 is 1.29 bits per heavy atom.